The molecule has 0 bridgehead atoms. The summed E-state index contributed by atoms with van der Waals surface area (Å²) >= 11 is 1.57. The van der Waals surface area contributed by atoms with E-state index in [9.17, 15) is 19.5 Å². The van der Waals surface area contributed by atoms with Crippen LogP contribution >= 0.6 is 11.3 Å². The molecule has 2 amide bonds. The lowest BCUT2D eigenvalue weighted by Crippen LogP contribution is -2.50. The number of thiazole rings is 1. The highest BCUT2D eigenvalue weighted by molar-refractivity contribution is 7.13. The van der Waals surface area contributed by atoms with Crippen molar-refractivity contribution in [2.45, 2.75) is 72.3 Å². The van der Waals surface area contributed by atoms with Gasteiger partial charge < -0.3 is 20.1 Å². The molecule has 3 aromatic rings. The average molecular weight is 590 g/mol. The number of ether oxygens (including phenoxy) is 1. The third kappa shape index (κ3) is 5.99. The highest BCUT2D eigenvalue weighted by Crippen LogP contribution is 2.37. The zero-order valence-electron chi connectivity index (χ0n) is 24.8. The third-order valence-corrected chi connectivity index (χ3v) is 9.23. The Morgan fingerprint density at radius 2 is 1.93 bits per heavy atom. The number of benzene rings is 2. The zero-order chi connectivity index (χ0) is 30.1. The van der Waals surface area contributed by atoms with Gasteiger partial charge in [0.25, 0.3) is 0 Å². The second-order valence-corrected chi connectivity index (χ2v) is 12.8. The van der Waals surface area contributed by atoms with Crippen LogP contribution in [0.1, 0.15) is 61.3 Å². The van der Waals surface area contributed by atoms with Crippen molar-refractivity contribution >= 4 is 28.9 Å². The van der Waals surface area contributed by atoms with Gasteiger partial charge in [-0.25, -0.2) is 4.98 Å². The fourth-order valence-corrected chi connectivity index (χ4v) is 7.06. The maximum Gasteiger partial charge on any atom is 0.243 e. The minimum Gasteiger partial charge on any atom is -0.491 e. The molecule has 1 fully saturated rings. The Labute approximate surface area is 251 Å². The van der Waals surface area contributed by atoms with Crippen molar-refractivity contribution in [2.75, 3.05) is 6.54 Å². The molecule has 5 rings (SSSR count). The highest BCUT2D eigenvalue weighted by atomic mass is 32.1. The smallest absolute Gasteiger partial charge is 0.243 e. The van der Waals surface area contributed by atoms with Crippen LogP contribution in [0, 0.1) is 24.7 Å². The lowest BCUT2D eigenvalue weighted by molar-refractivity contribution is -0.144. The fraction of sp³-hybridized carbons (Fsp3) is 0.455. The number of ketones is 1. The van der Waals surface area contributed by atoms with Gasteiger partial charge in [0.15, 0.2) is 5.78 Å². The van der Waals surface area contributed by atoms with Gasteiger partial charge >= 0.3 is 0 Å². The summed E-state index contributed by atoms with van der Waals surface area (Å²) in [6.07, 6.45) is -0.212. The lowest BCUT2D eigenvalue weighted by Gasteiger charge is -2.32. The molecule has 9 heteroatoms. The van der Waals surface area contributed by atoms with E-state index in [0.717, 1.165) is 27.3 Å². The number of hydrogen-bond acceptors (Lipinski definition) is 7. The molecule has 0 saturated carbocycles. The van der Waals surface area contributed by atoms with E-state index in [1.807, 2.05) is 82.6 Å². The van der Waals surface area contributed by atoms with Gasteiger partial charge in [0.1, 0.15) is 11.8 Å². The van der Waals surface area contributed by atoms with Gasteiger partial charge in [0.2, 0.25) is 11.8 Å². The first-order valence-corrected chi connectivity index (χ1v) is 15.5. The summed E-state index contributed by atoms with van der Waals surface area (Å²) in [6.45, 7) is 10.0. The molecule has 1 saturated heterocycles. The van der Waals surface area contributed by atoms with Gasteiger partial charge in [0.05, 0.1) is 34.2 Å². The molecule has 2 N–H and O–H groups in total. The molecule has 4 atom stereocenters. The van der Waals surface area contributed by atoms with Crippen molar-refractivity contribution in [1.82, 2.24) is 15.2 Å². The SMILES string of the molecule is Cc1ncsc1-c1ccc(CNC(=O)[C@@H]2C[C@@H](O)CN2C(=O)[C@H](C(C)C)C2Cc3ccccc3C2=O)c(OC(C)C)c1. The Morgan fingerprint density at radius 3 is 2.60 bits per heavy atom. The number of rotatable bonds is 9. The van der Waals surface area contributed by atoms with Crippen molar-refractivity contribution in [3.63, 3.8) is 0 Å². The van der Waals surface area contributed by atoms with Crippen LogP contribution in [0.3, 0.4) is 0 Å². The average Bonchev–Trinajstić information content (AvgIpc) is 3.64. The van der Waals surface area contributed by atoms with E-state index in [2.05, 4.69) is 10.3 Å². The molecule has 1 unspecified atom stereocenters. The molecular weight excluding hydrogens is 550 g/mol. The van der Waals surface area contributed by atoms with E-state index in [1.165, 1.54) is 4.90 Å². The van der Waals surface area contributed by atoms with Crippen LogP contribution in [0.15, 0.2) is 48.0 Å². The minimum absolute atomic E-state index is 0.0203. The number of nitrogens with one attached hydrogen (secondary N) is 1. The summed E-state index contributed by atoms with van der Waals surface area (Å²) in [7, 11) is 0. The summed E-state index contributed by atoms with van der Waals surface area (Å²) in [5.74, 6) is -1.10. The number of likely N-dealkylation sites (tertiary alicyclic amines) is 1. The van der Waals surface area contributed by atoms with Crippen molar-refractivity contribution < 1.29 is 24.2 Å². The minimum atomic E-state index is -0.818. The van der Waals surface area contributed by atoms with E-state index >= 15 is 0 Å². The van der Waals surface area contributed by atoms with E-state index < -0.39 is 24.0 Å². The van der Waals surface area contributed by atoms with Crippen LogP contribution in [0.2, 0.25) is 0 Å². The number of aliphatic hydroxyl groups excluding tert-OH is 1. The Kier molecular flexibility index (Phi) is 8.80. The maximum absolute atomic E-state index is 14.0. The first-order chi connectivity index (χ1) is 20.0. The molecule has 2 heterocycles. The van der Waals surface area contributed by atoms with Gasteiger partial charge in [-0.05, 0) is 50.3 Å². The molecule has 1 aliphatic heterocycles. The summed E-state index contributed by atoms with van der Waals surface area (Å²) in [5.41, 5.74) is 6.21. The quantitative estimate of drug-likeness (QED) is 0.371. The highest BCUT2D eigenvalue weighted by Gasteiger charge is 2.47. The van der Waals surface area contributed by atoms with Crippen LogP contribution in [-0.4, -0.2) is 57.4 Å². The standard InChI is InChI=1S/C33H39N3O5S/c1-18(2)29(26-12-21-8-6-7-9-25(21)30(26)38)33(40)36-16-24(37)14-27(36)32(39)34-15-23-11-10-22(13-28(23)41-19(3)4)31-20(5)35-17-42-31/h6-11,13,17-19,24,26-27,29,37H,12,14-16H2,1-5H3,(H,34,39)/t24-,26?,27+,29-/m1/s1. The number of Topliss-reactive ketones (excluding diaryl/α,β-unsaturated/α-hetero) is 1. The van der Waals surface area contributed by atoms with Crippen LogP contribution in [0.5, 0.6) is 5.75 Å². The number of carbonyl (C=O) groups excluding carboxylic acids is 3. The van der Waals surface area contributed by atoms with Crippen LogP contribution in [-0.2, 0) is 22.6 Å². The van der Waals surface area contributed by atoms with E-state index in [0.29, 0.717) is 17.7 Å². The predicted octanol–water partition coefficient (Wildman–Crippen LogP) is 4.81. The van der Waals surface area contributed by atoms with Crippen LogP contribution < -0.4 is 10.1 Å². The van der Waals surface area contributed by atoms with Crippen molar-refractivity contribution in [2.24, 2.45) is 17.8 Å². The Balaban J connectivity index is 1.32. The number of carbonyl (C=O) groups is 3. The number of β-amino-alcohol motifs (C(OH)–C–C–N with tert-alkyl or cyclic N) is 1. The normalized spacial score (nSPS) is 20.7. The monoisotopic (exact) mass is 589 g/mol. The third-order valence-electron chi connectivity index (χ3n) is 8.25. The molecule has 0 spiro atoms. The molecule has 2 aromatic carbocycles. The van der Waals surface area contributed by atoms with Crippen molar-refractivity contribution in [1.29, 1.82) is 0 Å². The number of amides is 2. The van der Waals surface area contributed by atoms with Crippen LogP contribution in [0.25, 0.3) is 10.4 Å². The molecule has 222 valence electrons. The second kappa shape index (κ2) is 12.4. The Morgan fingerprint density at radius 1 is 1.17 bits per heavy atom. The molecule has 8 nitrogen and oxygen atoms in total. The number of aromatic nitrogens is 1. The largest absolute Gasteiger partial charge is 0.491 e. The fourth-order valence-electron chi connectivity index (χ4n) is 6.26. The van der Waals surface area contributed by atoms with Crippen molar-refractivity contribution in [3.8, 4) is 16.2 Å². The predicted molar refractivity (Wildman–Crippen MR) is 162 cm³/mol. The van der Waals surface area contributed by atoms with Gasteiger partial charge in [-0.3, -0.25) is 14.4 Å². The molecule has 1 aliphatic carbocycles. The van der Waals surface area contributed by atoms with E-state index in [4.69, 9.17) is 4.74 Å². The molecule has 1 aromatic heterocycles. The van der Waals surface area contributed by atoms with E-state index in [-0.39, 0.29) is 49.1 Å². The lowest BCUT2D eigenvalue weighted by atomic mass is 9.79. The van der Waals surface area contributed by atoms with Crippen LogP contribution in [0.4, 0.5) is 0 Å². The number of fused-ring (bicyclic) bond motifs is 1. The summed E-state index contributed by atoms with van der Waals surface area (Å²) in [6, 6.07) is 12.6. The molecule has 2 aliphatic rings. The second-order valence-electron chi connectivity index (χ2n) is 12.0. The Hall–Kier alpha value is -3.56. The van der Waals surface area contributed by atoms with Gasteiger partial charge in [-0.15, -0.1) is 11.3 Å². The Bertz CT molecular complexity index is 1480. The van der Waals surface area contributed by atoms with Gasteiger partial charge in [-0.1, -0.05) is 50.2 Å². The van der Waals surface area contributed by atoms with Gasteiger partial charge in [0, 0.05) is 36.6 Å². The topological polar surface area (TPSA) is 109 Å². The molecular formula is C33H39N3O5S. The van der Waals surface area contributed by atoms with Gasteiger partial charge in [-0.2, -0.15) is 0 Å². The summed E-state index contributed by atoms with van der Waals surface area (Å²) in [5, 5.41) is 13.5. The number of aryl methyl sites for hydroxylation is 1. The van der Waals surface area contributed by atoms with Crippen molar-refractivity contribution in [3.05, 3.63) is 70.4 Å². The first kappa shape index (κ1) is 29.9. The number of aliphatic hydroxyl groups is 1. The summed E-state index contributed by atoms with van der Waals surface area (Å²) in [4.78, 5) is 47.8. The number of nitrogens with zero attached hydrogens (tertiary/aromatic N) is 2. The maximum atomic E-state index is 14.0. The first-order valence-electron chi connectivity index (χ1n) is 14.6. The van der Waals surface area contributed by atoms with E-state index in [1.54, 1.807) is 11.3 Å². The zero-order valence-corrected chi connectivity index (χ0v) is 25.6. The molecule has 42 heavy (non-hydrogen) atoms. The number of hydrogen-bond donors (Lipinski definition) is 2. The molecule has 0 radical (unpaired) electrons. The summed E-state index contributed by atoms with van der Waals surface area (Å²) < 4.78 is 6.11.